The van der Waals surface area contributed by atoms with E-state index < -0.39 is 0 Å². The highest BCUT2D eigenvalue weighted by Gasteiger charge is 2.18. The minimum Gasteiger partial charge on any atom is -0.344 e. The van der Waals surface area contributed by atoms with Crippen molar-refractivity contribution in [2.45, 2.75) is 25.0 Å². The van der Waals surface area contributed by atoms with E-state index in [0.717, 1.165) is 22.5 Å². The minimum atomic E-state index is -0.202. The predicted molar refractivity (Wildman–Crippen MR) is 114 cm³/mol. The molecule has 0 saturated heterocycles. The Morgan fingerprint density at radius 3 is 2.24 bits per heavy atom. The summed E-state index contributed by atoms with van der Waals surface area (Å²) in [6, 6.07) is 21.7. The largest absolute Gasteiger partial charge is 0.344 e. The molecular weight excluding hydrogens is 382 g/mol. The number of fused-ring (bicyclic) bond motifs is 1. The second kappa shape index (κ2) is 8.45. The lowest BCUT2D eigenvalue weighted by Gasteiger charge is -2.19. The molecular formula is C22H21N5OS. The Labute approximate surface area is 173 Å². The molecule has 2 aromatic heterocycles. The van der Waals surface area contributed by atoms with Crippen molar-refractivity contribution in [3.63, 3.8) is 0 Å². The molecule has 4 rings (SSSR count). The molecule has 2 heterocycles. The van der Waals surface area contributed by atoms with Crippen molar-refractivity contribution >= 4 is 23.4 Å². The van der Waals surface area contributed by atoms with E-state index in [2.05, 4.69) is 20.5 Å². The zero-order chi connectivity index (χ0) is 20.2. The zero-order valence-electron chi connectivity index (χ0n) is 16.2. The fourth-order valence-electron chi connectivity index (χ4n) is 3.28. The number of aromatic nitrogens is 4. The number of aryl methyl sites for hydroxylation is 2. The normalized spacial score (nSPS) is 11.1. The molecule has 0 spiro atoms. The number of hydrogen-bond donors (Lipinski definition) is 1. The first-order valence-electron chi connectivity index (χ1n) is 9.33. The Hall–Kier alpha value is -3.19. The summed E-state index contributed by atoms with van der Waals surface area (Å²) < 4.78 is 1.87. The highest BCUT2D eigenvalue weighted by atomic mass is 32.2. The third-order valence-corrected chi connectivity index (χ3v) is 5.50. The molecule has 0 radical (unpaired) electrons. The summed E-state index contributed by atoms with van der Waals surface area (Å²) in [6.07, 6.45) is 0. The minimum absolute atomic E-state index is 0.0674. The van der Waals surface area contributed by atoms with Crippen molar-refractivity contribution < 1.29 is 4.79 Å². The number of amides is 1. The van der Waals surface area contributed by atoms with E-state index in [1.54, 1.807) is 0 Å². The van der Waals surface area contributed by atoms with Crippen molar-refractivity contribution in [3.8, 4) is 0 Å². The van der Waals surface area contributed by atoms with Crippen LogP contribution in [0.25, 0.3) is 5.78 Å². The van der Waals surface area contributed by atoms with Gasteiger partial charge >= 0.3 is 0 Å². The molecule has 0 aliphatic carbocycles. The van der Waals surface area contributed by atoms with Gasteiger partial charge in [0.15, 0.2) is 5.16 Å². The van der Waals surface area contributed by atoms with Crippen LogP contribution in [0.5, 0.6) is 0 Å². The first-order valence-corrected chi connectivity index (χ1v) is 10.3. The number of nitrogens with zero attached hydrogens (tertiary/aromatic N) is 4. The number of hydrogen-bond acceptors (Lipinski definition) is 5. The highest BCUT2D eigenvalue weighted by molar-refractivity contribution is 7.99. The first-order chi connectivity index (χ1) is 14.1. The van der Waals surface area contributed by atoms with Crippen LogP contribution in [0, 0.1) is 13.8 Å². The van der Waals surface area contributed by atoms with Crippen LogP contribution in [0.3, 0.4) is 0 Å². The molecule has 0 unspecified atom stereocenters. The van der Waals surface area contributed by atoms with Crippen molar-refractivity contribution in [2.24, 2.45) is 0 Å². The lowest BCUT2D eigenvalue weighted by molar-refractivity contribution is -0.119. The third kappa shape index (κ3) is 4.30. The van der Waals surface area contributed by atoms with Gasteiger partial charge in [-0.1, -0.05) is 72.4 Å². The molecule has 4 aromatic rings. The van der Waals surface area contributed by atoms with Gasteiger partial charge in [-0.25, -0.2) is 4.98 Å². The second-order valence-corrected chi connectivity index (χ2v) is 7.71. The van der Waals surface area contributed by atoms with Gasteiger partial charge in [-0.15, -0.1) is 10.2 Å². The Morgan fingerprint density at radius 2 is 1.62 bits per heavy atom. The molecule has 0 fully saturated rings. The van der Waals surface area contributed by atoms with Crippen LogP contribution in [0.1, 0.15) is 28.6 Å². The number of rotatable bonds is 6. The van der Waals surface area contributed by atoms with Gasteiger partial charge in [-0.05, 0) is 31.0 Å². The molecule has 6 nitrogen and oxygen atoms in total. The zero-order valence-corrected chi connectivity index (χ0v) is 17.1. The quantitative estimate of drug-likeness (QED) is 0.497. The fraction of sp³-hybridized carbons (Fsp3) is 0.182. The summed E-state index contributed by atoms with van der Waals surface area (Å²) in [4.78, 5) is 17.2. The summed E-state index contributed by atoms with van der Waals surface area (Å²) in [5, 5.41) is 12.1. The van der Waals surface area contributed by atoms with E-state index in [1.165, 1.54) is 11.8 Å². The van der Waals surface area contributed by atoms with Gasteiger partial charge in [-0.2, -0.15) is 0 Å². The predicted octanol–water partition coefficient (Wildman–Crippen LogP) is 3.74. The highest BCUT2D eigenvalue weighted by Crippen LogP contribution is 2.23. The molecule has 0 aliphatic heterocycles. The Bertz CT molecular complexity index is 1090. The van der Waals surface area contributed by atoms with Crippen LogP contribution in [0.2, 0.25) is 0 Å². The van der Waals surface area contributed by atoms with Crippen LogP contribution in [-0.2, 0) is 4.79 Å². The maximum atomic E-state index is 12.8. The smallest absolute Gasteiger partial charge is 0.256 e. The topological polar surface area (TPSA) is 72.2 Å². The molecule has 2 aromatic carbocycles. The Balaban J connectivity index is 1.51. The average molecular weight is 404 g/mol. The first kappa shape index (κ1) is 19.1. The van der Waals surface area contributed by atoms with Crippen LogP contribution in [0.15, 0.2) is 71.9 Å². The van der Waals surface area contributed by atoms with Crippen LogP contribution < -0.4 is 5.32 Å². The Morgan fingerprint density at radius 1 is 1.00 bits per heavy atom. The van der Waals surface area contributed by atoms with Gasteiger partial charge in [0.05, 0.1) is 11.8 Å². The molecule has 0 atom stereocenters. The summed E-state index contributed by atoms with van der Waals surface area (Å²) in [5.74, 6) is 0.726. The lowest BCUT2D eigenvalue weighted by Crippen LogP contribution is -2.30. The number of carbonyl (C=O) groups excluding carboxylic acids is 1. The van der Waals surface area contributed by atoms with E-state index in [0.29, 0.717) is 10.9 Å². The number of nitrogens with one attached hydrogen (secondary N) is 1. The Kier molecular flexibility index (Phi) is 5.57. The molecule has 0 bridgehead atoms. The van der Waals surface area contributed by atoms with Crippen molar-refractivity contribution in [1.82, 2.24) is 24.9 Å². The summed E-state index contributed by atoms with van der Waals surface area (Å²) >= 11 is 1.35. The monoisotopic (exact) mass is 403 g/mol. The van der Waals surface area contributed by atoms with E-state index in [1.807, 2.05) is 85.0 Å². The molecule has 29 heavy (non-hydrogen) atoms. The van der Waals surface area contributed by atoms with Crippen LogP contribution in [0.4, 0.5) is 0 Å². The summed E-state index contributed by atoms with van der Waals surface area (Å²) in [6.45, 7) is 3.91. The molecule has 1 amide bonds. The van der Waals surface area contributed by atoms with Gasteiger partial charge in [0.25, 0.3) is 5.78 Å². The van der Waals surface area contributed by atoms with Gasteiger partial charge in [0.2, 0.25) is 5.91 Å². The number of thioether (sulfide) groups is 1. The average Bonchev–Trinajstić information content (AvgIpc) is 3.15. The van der Waals surface area contributed by atoms with E-state index in [-0.39, 0.29) is 17.7 Å². The van der Waals surface area contributed by atoms with Crippen LogP contribution >= 0.6 is 11.8 Å². The SMILES string of the molecule is Cc1cc(C)n2c(SCC(=O)NC(c3ccccc3)c3ccccc3)nnc2n1. The second-order valence-electron chi connectivity index (χ2n) is 6.77. The molecule has 0 aliphatic rings. The van der Waals surface area contributed by atoms with E-state index in [4.69, 9.17) is 0 Å². The molecule has 0 saturated carbocycles. The fourth-order valence-corrected chi connectivity index (χ4v) is 4.07. The van der Waals surface area contributed by atoms with Gasteiger partial charge in [-0.3, -0.25) is 9.20 Å². The molecule has 1 N–H and O–H groups in total. The molecule has 146 valence electrons. The van der Waals surface area contributed by atoms with E-state index in [9.17, 15) is 4.79 Å². The lowest BCUT2D eigenvalue weighted by atomic mass is 9.99. The summed E-state index contributed by atoms with van der Waals surface area (Å²) in [5.41, 5.74) is 3.97. The van der Waals surface area contributed by atoms with E-state index >= 15 is 0 Å². The van der Waals surface area contributed by atoms with Gasteiger partial charge in [0, 0.05) is 11.4 Å². The van der Waals surface area contributed by atoms with Crippen molar-refractivity contribution in [3.05, 3.63) is 89.2 Å². The number of carbonyl (C=O) groups is 1. The maximum absolute atomic E-state index is 12.8. The van der Waals surface area contributed by atoms with Crippen molar-refractivity contribution in [1.29, 1.82) is 0 Å². The van der Waals surface area contributed by atoms with Crippen LogP contribution in [-0.4, -0.2) is 31.2 Å². The summed E-state index contributed by atoms with van der Waals surface area (Å²) in [7, 11) is 0. The molecule has 7 heteroatoms. The standard InChI is InChI=1S/C22H21N5OS/c1-15-13-16(2)27-21(23-15)25-26-22(27)29-14-19(28)24-20(17-9-5-3-6-10-17)18-11-7-4-8-12-18/h3-13,20H,14H2,1-2H3,(H,24,28). The van der Waals surface area contributed by atoms with Gasteiger partial charge < -0.3 is 5.32 Å². The maximum Gasteiger partial charge on any atom is 0.256 e. The van der Waals surface area contributed by atoms with Crippen molar-refractivity contribution in [2.75, 3.05) is 5.75 Å². The number of benzene rings is 2. The van der Waals surface area contributed by atoms with Gasteiger partial charge in [0.1, 0.15) is 0 Å². The third-order valence-electron chi connectivity index (χ3n) is 4.57.